The van der Waals surface area contributed by atoms with Gasteiger partial charge in [-0.2, -0.15) is 0 Å². The van der Waals surface area contributed by atoms with Crippen molar-refractivity contribution in [3.63, 3.8) is 0 Å². The average molecular weight is 287 g/mol. The quantitative estimate of drug-likeness (QED) is 0.932. The minimum absolute atomic E-state index is 0.393. The number of thiophene rings is 1. The summed E-state index contributed by atoms with van der Waals surface area (Å²) in [7, 11) is 0. The summed E-state index contributed by atoms with van der Waals surface area (Å²) < 4.78 is 0. The number of likely N-dealkylation sites (tertiary alicyclic amines) is 1. The normalized spacial score (nSPS) is 15.6. The SMILES string of the molecule is O=C(O)c1ccc(-c2cccc(CN3CCCC3)c2)s1. The van der Waals surface area contributed by atoms with Crippen molar-refractivity contribution < 1.29 is 9.90 Å². The van der Waals surface area contributed by atoms with Gasteiger partial charge in [-0.1, -0.05) is 18.2 Å². The largest absolute Gasteiger partial charge is 0.477 e. The molecule has 20 heavy (non-hydrogen) atoms. The van der Waals surface area contributed by atoms with Gasteiger partial charge in [0.25, 0.3) is 0 Å². The first-order valence-corrected chi connectivity index (χ1v) is 7.69. The molecule has 0 amide bonds. The summed E-state index contributed by atoms with van der Waals surface area (Å²) in [5.41, 5.74) is 2.41. The first-order chi connectivity index (χ1) is 9.72. The molecule has 0 spiro atoms. The Kier molecular flexibility index (Phi) is 3.85. The monoisotopic (exact) mass is 287 g/mol. The molecule has 3 rings (SSSR count). The van der Waals surface area contributed by atoms with Crippen LogP contribution in [0.4, 0.5) is 0 Å². The van der Waals surface area contributed by atoms with Crippen molar-refractivity contribution >= 4 is 17.3 Å². The van der Waals surface area contributed by atoms with E-state index in [-0.39, 0.29) is 0 Å². The zero-order chi connectivity index (χ0) is 13.9. The Balaban J connectivity index is 1.80. The molecule has 1 aromatic heterocycles. The van der Waals surface area contributed by atoms with E-state index in [0.29, 0.717) is 4.88 Å². The smallest absolute Gasteiger partial charge is 0.345 e. The van der Waals surface area contributed by atoms with E-state index in [1.165, 1.54) is 42.8 Å². The van der Waals surface area contributed by atoms with Gasteiger partial charge in [-0.25, -0.2) is 4.79 Å². The Morgan fingerprint density at radius 3 is 2.70 bits per heavy atom. The lowest BCUT2D eigenvalue weighted by molar-refractivity contribution is 0.0702. The van der Waals surface area contributed by atoms with Crippen LogP contribution < -0.4 is 0 Å². The van der Waals surface area contributed by atoms with E-state index >= 15 is 0 Å². The van der Waals surface area contributed by atoms with Gasteiger partial charge in [-0.15, -0.1) is 11.3 Å². The minimum atomic E-state index is -0.852. The molecular formula is C16H17NO2S. The minimum Gasteiger partial charge on any atom is -0.477 e. The molecule has 1 aliphatic heterocycles. The maximum atomic E-state index is 10.9. The van der Waals surface area contributed by atoms with Crippen molar-refractivity contribution in [3.8, 4) is 10.4 Å². The number of carboxylic acid groups (broad SMARTS) is 1. The Morgan fingerprint density at radius 2 is 2.00 bits per heavy atom. The molecule has 0 atom stereocenters. The molecule has 4 heteroatoms. The zero-order valence-corrected chi connectivity index (χ0v) is 12.0. The van der Waals surface area contributed by atoms with Gasteiger partial charge in [0.05, 0.1) is 0 Å². The van der Waals surface area contributed by atoms with E-state index in [9.17, 15) is 4.79 Å². The second kappa shape index (κ2) is 5.77. The number of rotatable bonds is 4. The number of benzene rings is 1. The number of carbonyl (C=O) groups is 1. The molecule has 0 saturated carbocycles. The van der Waals surface area contributed by atoms with E-state index in [1.54, 1.807) is 6.07 Å². The van der Waals surface area contributed by atoms with E-state index < -0.39 is 5.97 Å². The maximum absolute atomic E-state index is 10.9. The number of aromatic carboxylic acids is 1. The lowest BCUT2D eigenvalue weighted by Gasteiger charge is -2.14. The van der Waals surface area contributed by atoms with Crippen LogP contribution in [0.1, 0.15) is 28.1 Å². The third-order valence-electron chi connectivity index (χ3n) is 3.63. The Labute approximate surface area is 122 Å². The Hall–Kier alpha value is -1.65. The standard InChI is InChI=1S/C16H17NO2S/c18-16(19)15-7-6-14(20-15)13-5-3-4-12(10-13)11-17-8-1-2-9-17/h3-7,10H,1-2,8-9,11H2,(H,18,19). The summed E-state index contributed by atoms with van der Waals surface area (Å²) in [5, 5.41) is 8.99. The molecule has 104 valence electrons. The summed E-state index contributed by atoms with van der Waals surface area (Å²) in [5.74, 6) is -0.852. The molecule has 0 unspecified atom stereocenters. The fraction of sp³-hybridized carbons (Fsp3) is 0.312. The van der Waals surface area contributed by atoms with E-state index in [0.717, 1.165) is 17.0 Å². The molecule has 1 saturated heterocycles. The Morgan fingerprint density at radius 1 is 1.20 bits per heavy atom. The fourth-order valence-corrected chi connectivity index (χ4v) is 3.47. The summed E-state index contributed by atoms with van der Waals surface area (Å²) in [6, 6.07) is 12.0. The van der Waals surface area contributed by atoms with Crippen LogP contribution in [0.25, 0.3) is 10.4 Å². The van der Waals surface area contributed by atoms with Gasteiger partial charge >= 0.3 is 5.97 Å². The molecule has 0 radical (unpaired) electrons. The molecule has 3 nitrogen and oxygen atoms in total. The average Bonchev–Trinajstić information content (AvgIpc) is 3.09. The van der Waals surface area contributed by atoms with Gasteiger partial charge in [0, 0.05) is 11.4 Å². The molecule has 1 aliphatic rings. The van der Waals surface area contributed by atoms with Crippen molar-refractivity contribution in [2.75, 3.05) is 13.1 Å². The zero-order valence-electron chi connectivity index (χ0n) is 11.2. The van der Waals surface area contributed by atoms with Crippen LogP contribution in [-0.4, -0.2) is 29.1 Å². The van der Waals surface area contributed by atoms with Crippen molar-refractivity contribution in [2.24, 2.45) is 0 Å². The summed E-state index contributed by atoms with van der Waals surface area (Å²) >= 11 is 1.33. The lowest BCUT2D eigenvalue weighted by atomic mass is 10.1. The van der Waals surface area contributed by atoms with Gasteiger partial charge in [-0.3, -0.25) is 4.90 Å². The van der Waals surface area contributed by atoms with Crippen molar-refractivity contribution in [1.29, 1.82) is 0 Å². The highest BCUT2D eigenvalue weighted by Gasteiger charge is 2.13. The van der Waals surface area contributed by atoms with Gasteiger partial charge in [0.15, 0.2) is 0 Å². The summed E-state index contributed by atoms with van der Waals surface area (Å²) in [4.78, 5) is 14.8. The maximum Gasteiger partial charge on any atom is 0.345 e. The molecule has 2 heterocycles. The van der Waals surface area contributed by atoms with Crippen LogP contribution in [0.15, 0.2) is 36.4 Å². The van der Waals surface area contributed by atoms with Crippen LogP contribution in [0.5, 0.6) is 0 Å². The van der Waals surface area contributed by atoms with Crippen LogP contribution in [0.2, 0.25) is 0 Å². The highest BCUT2D eigenvalue weighted by Crippen LogP contribution is 2.29. The van der Waals surface area contributed by atoms with Crippen LogP contribution >= 0.6 is 11.3 Å². The van der Waals surface area contributed by atoms with Crippen molar-refractivity contribution in [1.82, 2.24) is 4.90 Å². The molecule has 1 N–H and O–H groups in total. The number of carboxylic acids is 1. The number of hydrogen-bond donors (Lipinski definition) is 1. The summed E-state index contributed by atoms with van der Waals surface area (Å²) in [6.45, 7) is 3.36. The predicted octanol–water partition coefficient (Wildman–Crippen LogP) is 3.71. The van der Waals surface area contributed by atoms with Crippen LogP contribution in [0, 0.1) is 0 Å². The van der Waals surface area contributed by atoms with Gasteiger partial charge in [-0.05, 0) is 55.3 Å². The molecule has 1 fully saturated rings. The molecule has 0 bridgehead atoms. The number of hydrogen-bond acceptors (Lipinski definition) is 3. The van der Waals surface area contributed by atoms with Gasteiger partial charge < -0.3 is 5.11 Å². The van der Waals surface area contributed by atoms with E-state index in [4.69, 9.17) is 5.11 Å². The second-order valence-electron chi connectivity index (χ2n) is 5.15. The number of nitrogens with zero attached hydrogens (tertiary/aromatic N) is 1. The third kappa shape index (κ3) is 2.92. The van der Waals surface area contributed by atoms with Crippen LogP contribution in [-0.2, 0) is 6.54 Å². The molecule has 1 aromatic carbocycles. The summed E-state index contributed by atoms with van der Waals surface area (Å²) in [6.07, 6.45) is 2.60. The second-order valence-corrected chi connectivity index (χ2v) is 6.24. The fourth-order valence-electron chi connectivity index (χ4n) is 2.63. The van der Waals surface area contributed by atoms with E-state index in [2.05, 4.69) is 23.1 Å². The van der Waals surface area contributed by atoms with Crippen molar-refractivity contribution in [3.05, 3.63) is 46.8 Å². The first-order valence-electron chi connectivity index (χ1n) is 6.87. The first kappa shape index (κ1) is 13.3. The van der Waals surface area contributed by atoms with Gasteiger partial charge in [0.2, 0.25) is 0 Å². The molecule has 0 aliphatic carbocycles. The van der Waals surface area contributed by atoms with Crippen molar-refractivity contribution in [2.45, 2.75) is 19.4 Å². The molecule has 2 aromatic rings. The highest BCUT2D eigenvalue weighted by molar-refractivity contribution is 7.17. The van der Waals surface area contributed by atoms with Crippen LogP contribution in [0.3, 0.4) is 0 Å². The lowest BCUT2D eigenvalue weighted by Crippen LogP contribution is -2.18. The Bertz CT molecular complexity index is 614. The predicted molar refractivity (Wildman–Crippen MR) is 81.2 cm³/mol. The topological polar surface area (TPSA) is 40.5 Å². The highest BCUT2D eigenvalue weighted by atomic mass is 32.1. The molecular weight excluding hydrogens is 270 g/mol. The van der Waals surface area contributed by atoms with E-state index in [1.807, 2.05) is 12.1 Å². The third-order valence-corrected chi connectivity index (χ3v) is 4.76. The van der Waals surface area contributed by atoms with Gasteiger partial charge in [0.1, 0.15) is 4.88 Å².